The molecule has 2 amide bonds. The second kappa shape index (κ2) is 17.4. The van der Waals surface area contributed by atoms with Crippen LogP contribution in [0.15, 0.2) is 59.8 Å². The summed E-state index contributed by atoms with van der Waals surface area (Å²) in [6.07, 6.45) is 2.34. The lowest BCUT2D eigenvalue weighted by Gasteiger charge is -2.34. The molecule has 0 saturated carbocycles. The van der Waals surface area contributed by atoms with Crippen molar-refractivity contribution in [2.45, 2.75) is 68.5 Å². The highest BCUT2D eigenvalue weighted by atomic mass is 32.2. The van der Waals surface area contributed by atoms with Crippen molar-refractivity contribution in [1.29, 1.82) is 0 Å². The van der Waals surface area contributed by atoms with Crippen LogP contribution in [0.5, 0.6) is 0 Å². The first-order chi connectivity index (χ1) is 25.9. The molecule has 4 heterocycles. The first kappa shape index (κ1) is 39.3. The van der Waals surface area contributed by atoms with E-state index < -0.39 is 22.7 Å². The minimum Gasteiger partial charge on any atom is -0.359 e. The van der Waals surface area contributed by atoms with Gasteiger partial charge in [-0.25, -0.2) is 18.5 Å². The number of carbonyl (C=O) groups excluding carboxylic acids is 2. The van der Waals surface area contributed by atoms with E-state index in [4.69, 9.17) is 0 Å². The summed E-state index contributed by atoms with van der Waals surface area (Å²) in [5.41, 5.74) is 2.50. The Bertz CT molecular complexity index is 1920. The van der Waals surface area contributed by atoms with E-state index in [1.54, 1.807) is 11.7 Å². The molecule has 2 atom stereocenters. The maximum absolute atomic E-state index is 13.5. The van der Waals surface area contributed by atoms with Gasteiger partial charge < -0.3 is 15.5 Å². The summed E-state index contributed by atoms with van der Waals surface area (Å²) in [6, 6.07) is 14.4. The Labute approximate surface area is 316 Å². The molecule has 0 bridgehead atoms. The second-order valence-corrected chi connectivity index (χ2v) is 15.9. The molecule has 6 rings (SSSR count). The molecule has 2 aromatic heterocycles. The fourth-order valence-electron chi connectivity index (χ4n) is 7.46. The van der Waals surface area contributed by atoms with E-state index >= 15 is 0 Å². The molecular formula is C38H48F3N9O3S. The molecule has 2 N–H and O–H groups in total. The highest BCUT2D eigenvalue weighted by molar-refractivity contribution is 7.82. The Morgan fingerprint density at radius 3 is 2.44 bits per heavy atom. The van der Waals surface area contributed by atoms with E-state index in [0.717, 1.165) is 79.1 Å². The molecule has 2 aromatic carbocycles. The second-order valence-electron chi connectivity index (χ2n) is 14.4. The number of hydrogen-bond acceptors (Lipinski definition) is 8. The fourth-order valence-corrected chi connectivity index (χ4v) is 8.75. The maximum Gasteiger partial charge on any atom is 0.419 e. The third-order valence-electron chi connectivity index (χ3n) is 10.4. The molecule has 0 aliphatic carbocycles. The number of piperidine rings is 2. The highest BCUT2D eigenvalue weighted by Gasteiger charge is 2.32. The van der Waals surface area contributed by atoms with E-state index in [2.05, 4.69) is 61.8 Å². The number of alkyl halides is 3. The quantitative estimate of drug-likeness (QED) is 0.169. The molecule has 2 aliphatic rings. The molecule has 2 aliphatic heterocycles. The van der Waals surface area contributed by atoms with Gasteiger partial charge in [0.25, 0.3) is 0 Å². The molecule has 12 nitrogen and oxygen atoms in total. The van der Waals surface area contributed by atoms with E-state index in [-0.39, 0.29) is 30.9 Å². The normalized spacial score (nSPS) is 17.7. The van der Waals surface area contributed by atoms with E-state index in [9.17, 15) is 27.0 Å². The van der Waals surface area contributed by atoms with Crippen LogP contribution in [0.25, 0.3) is 10.9 Å². The molecule has 4 aromatic rings. The largest absolute Gasteiger partial charge is 0.419 e. The summed E-state index contributed by atoms with van der Waals surface area (Å²) in [5.74, 6) is 1.43. The van der Waals surface area contributed by atoms with Gasteiger partial charge in [0.1, 0.15) is 11.0 Å². The average molecular weight is 768 g/mol. The van der Waals surface area contributed by atoms with Gasteiger partial charge >= 0.3 is 6.18 Å². The van der Waals surface area contributed by atoms with Gasteiger partial charge in [0.15, 0.2) is 5.82 Å². The van der Waals surface area contributed by atoms with E-state index in [0.29, 0.717) is 43.6 Å². The maximum atomic E-state index is 13.5. The zero-order valence-corrected chi connectivity index (χ0v) is 31.7. The number of anilines is 2. The van der Waals surface area contributed by atoms with E-state index in [1.165, 1.54) is 10.5 Å². The lowest BCUT2D eigenvalue weighted by Crippen LogP contribution is -2.40. The fraction of sp³-hybridized carbons (Fsp3) is 0.500. The van der Waals surface area contributed by atoms with Gasteiger partial charge in [-0.05, 0) is 92.4 Å². The highest BCUT2D eigenvalue weighted by Crippen LogP contribution is 2.34. The Hall–Kier alpha value is -4.41. The minimum absolute atomic E-state index is 0.0149. The molecule has 2 fully saturated rings. The third-order valence-corrected chi connectivity index (χ3v) is 11.9. The predicted molar refractivity (Wildman–Crippen MR) is 202 cm³/mol. The van der Waals surface area contributed by atoms with Gasteiger partial charge in [0, 0.05) is 70.5 Å². The van der Waals surface area contributed by atoms with Crippen molar-refractivity contribution >= 4 is 46.0 Å². The molecule has 54 heavy (non-hydrogen) atoms. The van der Waals surface area contributed by atoms with Crippen LogP contribution in [-0.4, -0.2) is 97.8 Å². The SMILES string of the molecule is CNC(=O)CCN(C=O)c1nn(C)c2cc(C3CCN(CC(C)Cc4cccc(S(=O)N5CCC(Nc6ncc(C(F)(F)F)cn6)CC5)c4)CC3)ccc12. The summed E-state index contributed by atoms with van der Waals surface area (Å²) >= 11 is 0. The Morgan fingerprint density at radius 2 is 1.78 bits per heavy atom. The van der Waals surface area contributed by atoms with Crippen LogP contribution in [0.1, 0.15) is 61.6 Å². The number of likely N-dealkylation sites (tertiary alicyclic amines) is 1. The first-order valence-corrected chi connectivity index (χ1v) is 19.6. The monoisotopic (exact) mass is 767 g/mol. The van der Waals surface area contributed by atoms with Crippen molar-refractivity contribution in [3.05, 3.63) is 71.5 Å². The first-order valence-electron chi connectivity index (χ1n) is 18.4. The number of carbonyl (C=O) groups is 2. The van der Waals surface area contributed by atoms with Crippen LogP contribution >= 0.6 is 0 Å². The number of rotatable bonds is 14. The van der Waals surface area contributed by atoms with Crippen LogP contribution in [0.4, 0.5) is 24.9 Å². The third kappa shape index (κ3) is 9.63. The number of halogens is 3. The van der Waals surface area contributed by atoms with Crippen molar-refractivity contribution in [3.63, 3.8) is 0 Å². The number of aryl methyl sites for hydroxylation is 1. The number of nitrogens with zero attached hydrogens (tertiary/aromatic N) is 7. The van der Waals surface area contributed by atoms with E-state index in [1.807, 2.05) is 29.6 Å². The Morgan fingerprint density at radius 1 is 1.06 bits per heavy atom. The van der Waals surface area contributed by atoms with Crippen molar-refractivity contribution in [1.82, 2.24) is 34.3 Å². The van der Waals surface area contributed by atoms with Gasteiger partial charge in [-0.1, -0.05) is 25.1 Å². The Kier molecular flexibility index (Phi) is 12.6. The number of fused-ring (bicyclic) bond motifs is 1. The lowest BCUT2D eigenvalue weighted by molar-refractivity contribution is -0.138. The number of nitrogens with one attached hydrogen (secondary N) is 2. The van der Waals surface area contributed by atoms with Crippen LogP contribution in [0.3, 0.4) is 0 Å². The summed E-state index contributed by atoms with van der Waals surface area (Å²) in [6.45, 7) is 6.66. The van der Waals surface area contributed by atoms with Crippen LogP contribution < -0.4 is 15.5 Å². The number of benzene rings is 2. The van der Waals surface area contributed by atoms with Gasteiger partial charge in [-0.15, -0.1) is 0 Å². The number of amides is 2. The summed E-state index contributed by atoms with van der Waals surface area (Å²) < 4.78 is 55.8. The summed E-state index contributed by atoms with van der Waals surface area (Å²) in [4.78, 5) is 36.0. The van der Waals surface area contributed by atoms with Crippen LogP contribution in [0.2, 0.25) is 0 Å². The lowest BCUT2D eigenvalue weighted by atomic mass is 9.88. The van der Waals surface area contributed by atoms with Crippen molar-refractivity contribution in [2.75, 3.05) is 56.5 Å². The average Bonchev–Trinajstić information content (AvgIpc) is 3.50. The molecule has 2 unspecified atom stereocenters. The molecule has 290 valence electrons. The van der Waals surface area contributed by atoms with Crippen molar-refractivity contribution in [3.8, 4) is 0 Å². The Balaban J connectivity index is 0.964. The zero-order chi connectivity index (χ0) is 38.4. The zero-order valence-electron chi connectivity index (χ0n) is 30.9. The van der Waals surface area contributed by atoms with Gasteiger partial charge in [0.05, 0.1) is 16.0 Å². The molecule has 2 saturated heterocycles. The molecular weight excluding hydrogens is 720 g/mol. The standard InChI is InChI=1S/C38H48F3N9O3S/c1-26(19-27-5-4-6-32(20-27)54(53)50-17-11-31(12-18-50)45-37-43-22-30(23-44-37)38(39,40)41)24-48-14-9-28(10-15-48)29-7-8-33-34(21-29)47(3)46-36(33)49(25-51)16-13-35(52)42-2/h4-8,20-23,25-26,28,31H,9-19,24H2,1-3H3,(H,42,52)(H,43,44,45). The van der Waals surface area contributed by atoms with Crippen molar-refractivity contribution in [2.24, 2.45) is 13.0 Å². The van der Waals surface area contributed by atoms with Gasteiger partial charge in [-0.2, -0.15) is 18.3 Å². The molecule has 16 heteroatoms. The molecule has 0 radical (unpaired) electrons. The minimum atomic E-state index is -4.48. The summed E-state index contributed by atoms with van der Waals surface area (Å²) in [5, 5.41) is 11.2. The number of hydrogen-bond donors (Lipinski definition) is 2. The van der Waals surface area contributed by atoms with Gasteiger partial charge in [-0.3, -0.25) is 19.2 Å². The number of aromatic nitrogens is 4. The summed E-state index contributed by atoms with van der Waals surface area (Å²) in [7, 11) is 2.14. The van der Waals surface area contributed by atoms with Gasteiger partial charge in [0.2, 0.25) is 18.3 Å². The predicted octanol–water partition coefficient (Wildman–Crippen LogP) is 5.14. The van der Waals surface area contributed by atoms with Crippen LogP contribution in [-0.2, 0) is 40.2 Å². The van der Waals surface area contributed by atoms with Crippen molar-refractivity contribution < 1.29 is 27.0 Å². The topological polar surface area (TPSA) is 129 Å². The molecule has 0 spiro atoms. The van der Waals surface area contributed by atoms with Crippen LogP contribution in [0, 0.1) is 5.92 Å². The smallest absolute Gasteiger partial charge is 0.359 e.